The Morgan fingerprint density at radius 1 is 1.05 bits per heavy atom. The topological polar surface area (TPSA) is 37.4 Å². The lowest BCUT2D eigenvalue weighted by atomic mass is 10.0. The molecule has 0 aromatic heterocycles. The molecule has 0 saturated carbocycles. The summed E-state index contributed by atoms with van der Waals surface area (Å²) in [5, 5.41) is -0.464. The summed E-state index contributed by atoms with van der Waals surface area (Å²) in [4.78, 5) is 0.290. The van der Waals surface area contributed by atoms with Gasteiger partial charge in [-0.2, -0.15) is 0 Å². The van der Waals surface area contributed by atoms with Crippen molar-refractivity contribution in [3.63, 3.8) is 0 Å². The molecular formula is C15H14ClNO2S. The van der Waals surface area contributed by atoms with Gasteiger partial charge in [-0.1, -0.05) is 36.4 Å². The van der Waals surface area contributed by atoms with Crippen LogP contribution in [0.5, 0.6) is 0 Å². The third-order valence-electron chi connectivity index (χ3n) is 3.53. The number of nitrogens with zero attached hydrogens (tertiary/aromatic N) is 1. The number of rotatable bonds is 1. The molecule has 2 aromatic rings. The maximum Gasteiger partial charge on any atom is 0.264 e. The lowest BCUT2D eigenvalue weighted by Gasteiger charge is -2.22. The highest BCUT2D eigenvalue weighted by atomic mass is 35.5. The summed E-state index contributed by atoms with van der Waals surface area (Å²) in [7, 11) is -3.57. The monoisotopic (exact) mass is 307 g/mol. The third kappa shape index (κ3) is 1.83. The predicted molar refractivity (Wildman–Crippen MR) is 80.8 cm³/mol. The zero-order valence-electron chi connectivity index (χ0n) is 11.0. The van der Waals surface area contributed by atoms with E-state index in [0.717, 1.165) is 5.56 Å². The van der Waals surface area contributed by atoms with Crippen LogP contribution in [0, 0.1) is 0 Å². The van der Waals surface area contributed by atoms with Crippen LogP contribution in [-0.4, -0.2) is 15.0 Å². The molecule has 2 aromatic carbocycles. The Labute approximate surface area is 123 Å². The van der Waals surface area contributed by atoms with Crippen LogP contribution in [0.25, 0.3) is 0 Å². The van der Waals surface area contributed by atoms with E-state index in [4.69, 9.17) is 11.6 Å². The van der Waals surface area contributed by atoms with Gasteiger partial charge in [-0.25, -0.2) is 8.42 Å². The van der Waals surface area contributed by atoms with Crippen molar-refractivity contribution < 1.29 is 8.42 Å². The van der Waals surface area contributed by atoms with Crippen molar-refractivity contribution in [2.24, 2.45) is 0 Å². The summed E-state index contributed by atoms with van der Waals surface area (Å²) in [6, 6.07) is 14.3. The zero-order valence-corrected chi connectivity index (χ0v) is 12.5. The molecule has 0 bridgehead atoms. The molecule has 1 heterocycles. The molecule has 20 heavy (non-hydrogen) atoms. The van der Waals surface area contributed by atoms with Gasteiger partial charge in [-0.15, -0.1) is 11.6 Å². The first-order valence-corrected chi connectivity index (χ1v) is 8.29. The molecule has 0 amide bonds. The van der Waals surface area contributed by atoms with Gasteiger partial charge in [0.25, 0.3) is 10.0 Å². The number of benzene rings is 2. The molecule has 1 unspecified atom stereocenters. The number of anilines is 1. The van der Waals surface area contributed by atoms with Crippen molar-refractivity contribution in [3.05, 3.63) is 59.7 Å². The minimum absolute atomic E-state index is 0.290. The SMILES string of the molecule is CCN1c2ccccc2C(Cl)c2ccccc2S1(=O)=O. The Morgan fingerprint density at radius 3 is 2.35 bits per heavy atom. The van der Waals surface area contributed by atoms with Gasteiger partial charge in [0.1, 0.15) is 0 Å². The fourth-order valence-corrected chi connectivity index (χ4v) is 4.79. The summed E-state index contributed by atoms with van der Waals surface area (Å²) in [6.07, 6.45) is 0. The number of alkyl halides is 1. The lowest BCUT2D eigenvalue weighted by molar-refractivity contribution is 0.591. The molecule has 1 atom stereocenters. The molecule has 0 radical (unpaired) electrons. The number of fused-ring (bicyclic) bond motifs is 2. The van der Waals surface area contributed by atoms with Crippen LogP contribution in [0.1, 0.15) is 23.4 Å². The average Bonchev–Trinajstić information content (AvgIpc) is 2.53. The van der Waals surface area contributed by atoms with E-state index in [-0.39, 0.29) is 4.90 Å². The maximum atomic E-state index is 12.8. The summed E-state index contributed by atoms with van der Waals surface area (Å²) < 4.78 is 27.1. The second-order valence-electron chi connectivity index (χ2n) is 4.63. The van der Waals surface area contributed by atoms with Crippen LogP contribution in [-0.2, 0) is 10.0 Å². The molecule has 0 aliphatic carbocycles. The van der Waals surface area contributed by atoms with Crippen LogP contribution >= 0.6 is 11.6 Å². The maximum absolute atomic E-state index is 12.8. The molecule has 3 rings (SSSR count). The van der Waals surface area contributed by atoms with Crippen LogP contribution < -0.4 is 4.31 Å². The summed E-state index contributed by atoms with van der Waals surface area (Å²) >= 11 is 6.54. The Kier molecular flexibility index (Phi) is 3.22. The fraction of sp³-hybridized carbons (Fsp3) is 0.200. The first-order chi connectivity index (χ1) is 9.57. The zero-order chi connectivity index (χ0) is 14.3. The minimum Gasteiger partial charge on any atom is -0.266 e. The van der Waals surface area contributed by atoms with Crippen LogP contribution in [0.4, 0.5) is 5.69 Å². The van der Waals surface area contributed by atoms with E-state index < -0.39 is 15.4 Å². The van der Waals surface area contributed by atoms with Crippen molar-refractivity contribution >= 4 is 27.3 Å². The van der Waals surface area contributed by atoms with E-state index in [1.807, 2.05) is 31.2 Å². The first-order valence-electron chi connectivity index (χ1n) is 6.42. The second-order valence-corrected chi connectivity index (χ2v) is 6.90. The van der Waals surface area contributed by atoms with Crippen LogP contribution in [0.15, 0.2) is 53.4 Å². The molecule has 1 aliphatic rings. The molecule has 0 saturated heterocycles. The van der Waals surface area contributed by atoms with Gasteiger partial charge in [0.05, 0.1) is 16.0 Å². The second kappa shape index (κ2) is 4.79. The van der Waals surface area contributed by atoms with Crippen molar-refractivity contribution in [1.82, 2.24) is 0 Å². The summed E-state index contributed by atoms with van der Waals surface area (Å²) in [5.41, 5.74) is 2.12. The molecule has 5 heteroatoms. The molecule has 3 nitrogen and oxygen atoms in total. The highest BCUT2D eigenvalue weighted by molar-refractivity contribution is 7.93. The largest absolute Gasteiger partial charge is 0.266 e. The third-order valence-corrected chi connectivity index (χ3v) is 5.96. The Morgan fingerprint density at radius 2 is 1.65 bits per heavy atom. The van der Waals surface area contributed by atoms with Crippen LogP contribution in [0.2, 0.25) is 0 Å². The molecular weight excluding hydrogens is 294 g/mol. The van der Waals surface area contributed by atoms with E-state index in [2.05, 4.69) is 0 Å². The number of sulfonamides is 1. The Balaban J connectivity index is 2.41. The Bertz CT molecular complexity index is 758. The van der Waals surface area contributed by atoms with E-state index in [9.17, 15) is 8.42 Å². The quantitative estimate of drug-likeness (QED) is 0.756. The van der Waals surface area contributed by atoms with Gasteiger partial charge in [0.15, 0.2) is 0 Å². The van der Waals surface area contributed by atoms with Crippen molar-refractivity contribution in [1.29, 1.82) is 0 Å². The van der Waals surface area contributed by atoms with E-state index >= 15 is 0 Å². The molecule has 1 aliphatic heterocycles. The van der Waals surface area contributed by atoms with E-state index in [1.165, 1.54) is 4.31 Å². The predicted octanol–water partition coefficient (Wildman–Crippen LogP) is 3.54. The number of para-hydroxylation sites is 1. The highest BCUT2D eigenvalue weighted by Crippen LogP contribution is 2.43. The van der Waals surface area contributed by atoms with Gasteiger partial charge < -0.3 is 0 Å². The van der Waals surface area contributed by atoms with Gasteiger partial charge in [0.2, 0.25) is 0 Å². The number of halogens is 1. The molecule has 0 N–H and O–H groups in total. The average molecular weight is 308 g/mol. The molecule has 0 spiro atoms. The molecule has 0 fully saturated rings. The van der Waals surface area contributed by atoms with Gasteiger partial charge >= 0.3 is 0 Å². The fourth-order valence-electron chi connectivity index (χ4n) is 2.61. The minimum atomic E-state index is -3.57. The van der Waals surface area contributed by atoms with Gasteiger partial charge in [0, 0.05) is 6.54 Å². The number of hydrogen-bond acceptors (Lipinski definition) is 2. The smallest absolute Gasteiger partial charge is 0.264 e. The van der Waals surface area contributed by atoms with Crippen molar-refractivity contribution in [2.45, 2.75) is 17.2 Å². The van der Waals surface area contributed by atoms with Crippen LogP contribution in [0.3, 0.4) is 0 Å². The summed E-state index contributed by atoms with van der Waals surface area (Å²) in [6.45, 7) is 2.20. The summed E-state index contributed by atoms with van der Waals surface area (Å²) in [5.74, 6) is 0. The van der Waals surface area contributed by atoms with Gasteiger partial charge in [-0.3, -0.25) is 4.31 Å². The van der Waals surface area contributed by atoms with E-state index in [1.54, 1.807) is 24.3 Å². The Hall–Kier alpha value is -1.52. The molecule has 104 valence electrons. The first kappa shape index (κ1) is 13.5. The van der Waals surface area contributed by atoms with Gasteiger partial charge in [-0.05, 0) is 30.2 Å². The number of hydrogen-bond donors (Lipinski definition) is 0. The standard InChI is InChI=1S/C15H14ClNO2S/c1-2-17-13-9-5-3-7-11(13)15(16)12-8-4-6-10-14(12)20(17,18)19/h3-10,15H,2H2,1H3. The highest BCUT2D eigenvalue weighted by Gasteiger charge is 2.34. The lowest BCUT2D eigenvalue weighted by Crippen LogP contribution is -2.30. The van der Waals surface area contributed by atoms with Crippen molar-refractivity contribution in [2.75, 3.05) is 10.8 Å². The van der Waals surface area contributed by atoms with Crippen molar-refractivity contribution in [3.8, 4) is 0 Å². The van der Waals surface area contributed by atoms with E-state index in [0.29, 0.717) is 17.8 Å². The normalized spacial score (nSPS) is 19.9.